The lowest BCUT2D eigenvalue weighted by Gasteiger charge is -2.13. The topological polar surface area (TPSA) is 64.1 Å². The number of aliphatic imine (C=N–C) groups is 1. The van der Waals surface area contributed by atoms with Crippen molar-refractivity contribution in [2.24, 2.45) is 4.99 Å². The van der Waals surface area contributed by atoms with E-state index < -0.39 is 0 Å². The first kappa shape index (κ1) is 20.4. The van der Waals surface area contributed by atoms with E-state index in [-0.39, 0.29) is 0 Å². The summed E-state index contributed by atoms with van der Waals surface area (Å²) >= 11 is 0. The fourth-order valence-corrected chi connectivity index (χ4v) is 2.55. The highest BCUT2D eigenvalue weighted by Crippen LogP contribution is 2.27. The molecule has 0 aliphatic carbocycles. The quantitative estimate of drug-likeness (QED) is 0.403. The molecule has 0 saturated heterocycles. The molecule has 6 heteroatoms. The Balaban J connectivity index is 1.70. The average molecular weight is 371 g/mol. The number of nitrogens with zero attached hydrogens (tertiary/aromatic N) is 1. The highest BCUT2D eigenvalue weighted by atomic mass is 16.5. The van der Waals surface area contributed by atoms with Crippen molar-refractivity contribution in [2.45, 2.75) is 13.3 Å². The molecule has 2 rings (SSSR count). The molecule has 0 heterocycles. The van der Waals surface area contributed by atoms with E-state index in [0.29, 0.717) is 13.2 Å². The van der Waals surface area contributed by atoms with Crippen LogP contribution >= 0.6 is 0 Å². The first-order valence-electron chi connectivity index (χ1n) is 9.01. The second-order valence-electron chi connectivity index (χ2n) is 6.03. The number of hydrogen-bond acceptors (Lipinski definition) is 4. The van der Waals surface area contributed by atoms with Gasteiger partial charge in [0.1, 0.15) is 12.4 Å². The largest absolute Gasteiger partial charge is 0.493 e. The Morgan fingerprint density at radius 3 is 2.30 bits per heavy atom. The minimum atomic E-state index is 0.569. The number of nitrogens with one attached hydrogen (secondary N) is 2. The summed E-state index contributed by atoms with van der Waals surface area (Å²) in [6, 6.07) is 14.0. The van der Waals surface area contributed by atoms with Gasteiger partial charge in [0.15, 0.2) is 17.5 Å². The van der Waals surface area contributed by atoms with Crippen molar-refractivity contribution >= 4 is 5.96 Å². The third-order valence-electron chi connectivity index (χ3n) is 4.06. The first-order chi connectivity index (χ1) is 13.2. The van der Waals surface area contributed by atoms with Gasteiger partial charge < -0.3 is 24.8 Å². The summed E-state index contributed by atoms with van der Waals surface area (Å²) in [6.45, 7) is 4.06. The van der Waals surface area contributed by atoms with E-state index in [0.717, 1.165) is 36.2 Å². The van der Waals surface area contributed by atoms with Gasteiger partial charge in [0, 0.05) is 13.6 Å². The second-order valence-corrected chi connectivity index (χ2v) is 6.03. The molecule has 0 aromatic heterocycles. The Labute approximate surface area is 161 Å². The van der Waals surface area contributed by atoms with E-state index in [1.54, 1.807) is 21.3 Å². The van der Waals surface area contributed by atoms with Gasteiger partial charge in [0.25, 0.3) is 0 Å². The van der Waals surface area contributed by atoms with Gasteiger partial charge >= 0.3 is 0 Å². The van der Waals surface area contributed by atoms with Crippen molar-refractivity contribution in [3.8, 4) is 17.2 Å². The Kier molecular flexibility index (Phi) is 8.29. The zero-order chi connectivity index (χ0) is 19.5. The van der Waals surface area contributed by atoms with Crippen molar-refractivity contribution in [2.75, 3.05) is 41.0 Å². The van der Waals surface area contributed by atoms with Crippen LogP contribution in [0.5, 0.6) is 17.2 Å². The maximum atomic E-state index is 5.71. The predicted octanol–water partition coefficient (Wildman–Crippen LogP) is 2.80. The number of hydrogen-bond donors (Lipinski definition) is 2. The van der Waals surface area contributed by atoms with Crippen LogP contribution in [0.1, 0.15) is 11.1 Å². The summed E-state index contributed by atoms with van der Waals surface area (Å²) in [4.78, 5) is 4.23. The third-order valence-corrected chi connectivity index (χ3v) is 4.06. The van der Waals surface area contributed by atoms with Crippen molar-refractivity contribution < 1.29 is 14.2 Å². The molecule has 6 nitrogen and oxygen atoms in total. The lowest BCUT2D eigenvalue weighted by atomic mass is 10.1. The molecule has 2 aromatic rings. The summed E-state index contributed by atoms with van der Waals surface area (Å²) < 4.78 is 16.3. The Bertz CT molecular complexity index is 730. The molecule has 146 valence electrons. The monoisotopic (exact) mass is 371 g/mol. The zero-order valence-electron chi connectivity index (χ0n) is 16.5. The average Bonchev–Trinajstić information content (AvgIpc) is 2.70. The van der Waals surface area contributed by atoms with Crippen LogP contribution in [0.25, 0.3) is 0 Å². The third kappa shape index (κ3) is 6.73. The van der Waals surface area contributed by atoms with Crippen LogP contribution in [0.4, 0.5) is 0 Å². The summed E-state index contributed by atoms with van der Waals surface area (Å²) in [6.07, 6.45) is 0.848. The summed E-state index contributed by atoms with van der Waals surface area (Å²) in [5.41, 5.74) is 2.39. The molecule has 2 aromatic carbocycles. The number of ether oxygens (including phenoxy) is 3. The summed E-state index contributed by atoms with van der Waals surface area (Å²) in [5.74, 6) is 3.10. The van der Waals surface area contributed by atoms with E-state index in [1.807, 2.05) is 42.5 Å². The second kappa shape index (κ2) is 11.0. The van der Waals surface area contributed by atoms with Crippen molar-refractivity contribution in [3.63, 3.8) is 0 Å². The molecular formula is C21H29N3O3. The molecule has 0 unspecified atom stereocenters. The molecule has 0 atom stereocenters. The number of methoxy groups -OCH3 is 2. The van der Waals surface area contributed by atoms with Gasteiger partial charge in [-0.2, -0.15) is 0 Å². The van der Waals surface area contributed by atoms with Gasteiger partial charge in [0.05, 0.1) is 20.8 Å². The van der Waals surface area contributed by atoms with Crippen LogP contribution < -0.4 is 24.8 Å². The number of guanidine groups is 1. The van der Waals surface area contributed by atoms with Gasteiger partial charge in [-0.1, -0.05) is 23.8 Å². The molecule has 0 bridgehead atoms. The number of rotatable bonds is 9. The number of benzene rings is 2. The van der Waals surface area contributed by atoms with Crippen LogP contribution in [0.2, 0.25) is 0 Å². The van der Waals surface area contributed by atoms with Gasteiger partial charge in [-0.05, 0) is 43.2 Å². The van der Waals surface area contributed by atoms with E-state index >= 15 is 0 Å². The van der Waals surface area contributed by atoms with Gasteiger partial charge in [-0.25, -0.2) is 0 Å². The molecule has 0 amide bonds. The van der Waals surface area contributed by atoms with Gasteiger partial charge in [0.2, 0.25) is 0 Å². The maximum absolute atomic E-state index is 5.71. The lowest BCUT2D eigenvalue weighted by Crippen LogP contribution is -2.40. The molecule has 2 N–H and O–H groups in total. The van der Waals surface area contributed by atoms with Crippen molar-refractivity contribution in [1.82, 2.24) is 10.6 Å². The molecule has 0 radical (unpaired) electrons. The van der Waals surface area contributed by atoms with Crippen molar-refractivity contribution in [1.29, 1.82) is 0 Å². The van der Waals surface area contributed by atoms with Crippen LogP contribution in [-0.2, 0) is 6.42 Å². The van der Waals surface area contributed by atoms with Gasteiger partial charge in [-0.3, -0.25) is 4.99 Å². The molecule has 0 aliphatic rings. The predicted molar refractivity (Wildman–Crippen MR) is 109 cm³/mol. The Hall–Kier alpha value is -2.89. The van der Waals surface area contributed by atoms with Crippen LogP contribution in [0.3, 0.4) is 0 Å². The SMILES string of the molecule is CN=C(NCCOc1ccc(C)cc1)NCCc1ccc(OC)c(OC)c1. The first-order valence-corrected chi connectivity index (χ1v) is 9.01. The van der Waals surface area contributed by atoms with Crippen LogP contribution in [0, 0.1) is 6.92 Å². The van der Waals surface area contributed by atoms with Crippen LogP contribution in [-0.4, -0.2) is 46.9 Å². The standard InChI is InChI=1S/C21H29N3O3/c1-16-5-8-18(9-6-16)27-14-13-24-21(22-2)23-12-11-17-7-10-19(25-3)20(15-17)26-4/h5-10,15H,11-14H2,1-4H3,(H2,22,23,24). The van der Waals surface area contributed by atoms with Crippen LogP contribution in [0.15, 0.2) is 47.5 Å². The van der Waals surface area contributed by atoms with Crippen molar-refractivity contribution in [3.05, 3.63) is 53.6 Å². The molecular weight excluding hydrogens is 342 g/mol. The van der Waals surface area contributed by atoms with Gasteiger partial charge in [-0.15, -0.1) is 0 Å². The highest BCUT2D eigenvalue weighted by Gasteiger charge is 2.05. The maximum Gasteiger partial charge on any atom is 0.191 e. The number of aryl methyl sites for hydroxylation is 1. The summed E-state index contributed by atoms with van der Waals surface area (Å²) in [7, 11) is 5.04. The minimum absolute atomic E-state index is 0.569. The molecule has 27 heavy (non-hydrogen) atoms. The smallest absolute Gasteiger partial charge is 0.191 e. The van der Waals surface area contributed by atoms with E-state index in [1.165, 1.54) is 11.1 Å². The lowest BCUT2D eigenvalue weighted by molar-refractivity contribution is 0.322. The minimum Gasteiger partial charge on any atom is -0.493 e. The van der Waals surface area contributed by atoms with E-state index in [2.05, 4.69) is 22.5 Å². The fourth-order valence-electron chi connectivity index (χ4n) is 2.55. The molecule has 0 fully saturated rings. The Morgan fingerprint density at radius 2 is 1.63 bits per heavy atom. The molecule has 0 saturated carbocycles. The highest BCUT2D eigenvalue weighted by molar-refractivity contribution is 5.79. The normalized spacial score (nSPS) is 11.0. The molecule has 0 aliphatic heterocycles. The summed E-state index contributed by atoms with van der Waals surface area (Å²) in [5, 5.41) is 6.55. The van der Waals surface area contributed by atoms with E-state index in [9.17, 15) is 0 Å². The fraction of sp³-hybridized carbons (Fsp3) is 0.381. The zero-order valence-corrected chi connectivity index (χ0v) is 16.5. The van der Waals surface area contributed by atoms with E-state index in [4.69, 9.17) is 14.2 Å². The Morgan fingerprint density at radius 1 is 0.926 bits per heavy atom. The molecule has 0 spiro atoms.